The largest absolute Gasteiger partial charge is 0.370 e. The van der Waals surface area contributed by atoms with Crippen LogP contribution in [0.5, 0.6) is 0 Å². The molecule has 0 fully saturated rings. The van der Waals surface area contributed by atoms with Crippen LogP contribution in [0.3, 0.4) is 0 Å². The van der Waals surface area contributed by atoms with E-state index in [9.17, 15) is 0 Å². The van der Waals surface area contributed by atoms with Gasteiger partial charge in [0.2, 0.25) is 0 Å². The van der Waals surface area contributed by atoms with Crippen LogP contribution in [-0.4, -0.2) is 21.5 Å². The van der Waals surface area contributed by atoms with Crippen LogP contribution in [0.2, 0.25) is 0 Å². The van der Waals surface area contributed by atoms with Gasteiger partial charge in [-0.05, 0) is 25.0 Å². The SMILES string of the molecule is CCCNc1cc(-c2cnccc2C)nc(C(C)C)n1. The van der Waals surface area contributed by atoms with Crippen LogP contribution in [0.25, 0.3) is 11.3 Å². The molecule has 1 N–H and O–H groups in total. The summed E-state index contributed by atoms with van der Waals surface area (Å²) in [5.41, 5.74) is 3.18. The van der Waals surface area contributed by atoms with Gasteiger partial charge >= 0.3 is 0 Å². The second kappa shape index (κ2) is 6.46. The molecule has 0 aromatic carbocycles. The summed E-state index contributed by atoms with van der Waals surface area (Å²) in [6.07, 6.45) is 4.74. The molecule has 2 aromatic heterocycles. The fourth-order valence-corrected chi connectivity index (χ4v) is 1.94. The lowest BCUT2D eigenvalue weighted by atomic mass is 10.1. The normalized spacial score (nSPS) is 10.8. The summed E-state index contributed by atoms with van der Waals surface area (Å²) in [6, 6.07) is 4.01. The van der Waals surface area contributed by atoms with Gasteiger partial charge in [0.25, 0.3) is 0 Å². The van der Waals surface area contributed by atoms with Crippen LogP contribution in [-0.2, 0) is 0 Å². The van der Waals surface area contributed by atoms with Gasteiger partial charge in [-0.25, -0.2) is 9.97 Å². The van der Waals surface area contributed by atoms with Crippen molar-refractivity contribution in [3.63, 3.8) is 0 Å². The minimum atomic E-state index is 0.300. The maximum atomic E-state index is 4.68. The fourth-order valence-electron chi connectivity index (χ4n) is 1.94. The molecule has 0 saturated carbocycles. The number of nitrogens with zero attached hydrogens (tertiary/aromatic N) is 3. The lowest BCUT2D eigenvalue weighted by Crippen LogP contribution is -2.07. The Morgan fingerprint density at radius 3 is 2.70 bits per heavy atom. The van der Waals surface area contributed by atoms with Crippen molar-refractivity contribution in [1.82, 2.24) is 15.0 Å². The molecule has 106 valence electrons. The summed E-state index contributed by atoms with van der Waals surface area (Å²) >= 11 is 0. The highest BCUT2D eigenvalue weighted by molar-refractivity contribution is 5.65. The van der Waals surface area contributed by atoms with E-state index in [1.54, 1.807) is 6.20 Å². The second-order valence-corrected chi connectivity index (χ2v) is 5.27. The highest BCUT2D eigenvalue weighted by atomic mass is 15.0. The first-order valence-corrected chi connectivity index (χ1v) is 7.15. The van der Waals surface area contributed by atoms with Crippen LogP contribution in [0.15, 0.2) is 24.5 Å². The summed E-state index contributed by atoms with van der Waals surface area (Å²) in [5, 5.41) is 3.35. The molecule has 2 heterocycles. The first kappa shape index (κ1) is 14.4. The van der Waals surface area contributed by atoms with Gasteiger partial charge in [-0.3, -0.25) is 4.98 Å². The molecule has 20 heavy (non-hydrogen) atoms. The molecule has 2 aromatic rings. The Labute approximate surface area is 120 Å². The van der Waals surface area contributed by atoms with E-state index in [4.69, 9.17) is 0 Å². The number of aryl methyl sites for hydroxylation is 1. The van der Waals surface area contributed by atoms with Crippen molar-refractivity contribution < 1.29 is 0 Å². The number of rotatable bonds is 5. The Bertz CT molecular complexity index is 578. The summed E-state index contributed by atoms with van der Waals surface area (Å²) in [5.74, 6) is 2.06. The molecule has 0 amide bonds. The highest BCUT2D eigenvalue weighted by Gasteiger charge is 2.11. The van der Waals surface area contributed by atoms with Crippen molar-refractivity contribution in [2.75, 3.05) is 11.9 Å². The van der Waals surface area contributed by atoms with Crippen molar-refractivity contribution in [1.29, 1.82) is 0 Å². The lowest BCUT2D eigenvalue weighted by molar-refractivity contribution is 0.775. The molecular weight excluding hydrogens is 248 g/mol. The Kier molecular flexibility index (Phi) is 4.66. The average molecular weight is 270 g/mol. The molecule has 0 aliphatic carbocycles. The maximum Gasteiger partial charge on any atom is 0.133 e. The Balaban J connectivity index is 2.46. The molecule has 4 heteroatoms. The van der Waals surface area contributed by atoms with Gasteiger partial charge in [-0.15, -0.1) is 0 Å². The highest BCUT2D eigenvalue weighted by Crippen LogP contribution is 2.24. The summed E-state index contributed by atoms with van der Waals surface area (Å²) < 4.78 is 0. The topological polar surface area (TPSA) is 50.7 Å². The van der Waals surface area contributed by atoms with E-state index in [2.05, 4.69) is 48.0 Å². The van der Waals surface area contributed by atoms with Crippen LogP contribution in [0, 0.1) is 6.92 Å². The van der Waals surface area contributed by atoms with Gasteiger partial charge in [0.1, 0.15) is 11.6 Å². The van der Waals surface area contributed by atoms with Gasteiger partial charge in [-0.1, -0.05) is 20.8 Å². The number of pyridine rings is 1. The molecule has 0 aliphatic heterocycles. The summed E-state index contributed by atoms with van der Waals surface area (Å²) in [6.45, 7) is 9.36. The molecule has 0 unspecified atom stereocenters. The van der Waals surface area contributed by atoms with Gasteiger partial charge in [0, 0.05) is 36.5 Å². The Hall–Kier alpha value is -1.97. The van der Waals surface area contributed by atoms with Crippen LogP contribution < -0.4 is 5.32 Å². The molecule has 0 bridgehead atoms. The van der Waals surface area contributed by atoms with E-state index < -0.39 is 0 Å². The first-order chi connectivity index (χ1) is 9.61. The summed E-state index contributed by atoms with van der Waals surface area (Å²) in [7, 11) is 0. The number of aromatic nitrogens is 3. The monoisotopic (exact) mass is 270 g/mol. The van der Waals surface area contributed by atoms with Gasteiger partial charge < -0.3 is 5.32 Å². The molecule has 4 nitrogen and oxygen atoms in total. The third-order valence-corrected chi connectivity index (χ3v) is 3.13. The molecule has 2 rings (SSSR count). The number of nitrogens with one attached hydrogen (secondary N) is 1. The minimum absolute atomic E-state index is 0.300. The zero-order chi connectivity index (χ0) is 14.5. The average Bonchev–Trinajstić information content (AvgIpc) is 2.45. The predicted octanol–water partition coefficient (Wildman–Crippen LogP) is 3.79. The molecule has 0 aliphatic rings. The van der Waals surface area contributed by atoms with Crippen LogP contribution in [0.4, 0.5) is 5.82 Å². The fraction of sp³-hybridized carbons (Fsp3) is 0.438. The Morgan fingerprint density at radius 2 is 2.05 bits per heavy atom. The van der Waals surface area contributed by atoms with Crippen molar-refractivity contribution in [3.8, 4) is 11.3 Å². The first-order valence-electron chi connectivity index (χ1n) is 7.15. The van der Waals surface area contributed by atoms with Gasteiger partial charge in [0.05, 0.1) is 5.69 Å². The van der Waals surface area contributed by atoms with E-state index in [1.165, 1.54) is 5.56 Å². The molecule has 0 spiro atoms. The second-order valence-electron chi connectivity index (χ2n) is 5.27. The molecular formula is C16H22N4. The molecule has 0 saturated heterocycles. The number of hydrogen-bond acceptors (Lipinski definition) is 4. The zero-order valence-corrected chi connectivity index (χ0v) is 12.6. The van der Waals surface area contributed by atoms with Crippen molar-refractivity contribution in [3.05, 3.63) is 35.9 Å². The molecule has 0 radical (unpaired) electrons. The van der Waals surface area contributed by atoms with Crippen LogP contribution >= 0.6 is 0 Å². The number of hydrogen-bond donors (Lipinski definition) is 1. The number of anilines is 1. The van der Waals surface area contributed by atoms with Crippen molar-refractivity contribution >= 4 is 5.82 Å². The van der Waals surface area contributed by atoms with Gasteiger partial charge in [-0.2, -0.15) is 0 Å². The van der Waals surface area contributed by atoms with E-state index >= 15 is 0 Å². The smallest absolute Gasteiger partial charge is 0.133 e. The van der Waals surface area contributed by atoms with E-state index in [0.29, 0.717) is 5.92 Å². The minimum Gasteiger partial charge on any atom is -0.370 e. The lowest BCUT2D eigenvalue weighted by Gasteiger charge is -2.12. The Morgan fingerprint density at radius 1 is 1.25 bits per heavy atom. The molecule has 0 atom stereocenters. The standard InChI is InChI=1S/C16H22N4/c1-5-7-18-15-9-14(19-16(20-15)11(2)3)13-10-17-8-6-12(13)4/h6,8-11H,5,7H2,1-4H3,(H,18,19,20). The maximum absolute atomic E-state index is 4.68. The van der Waals surface area contributed by atoms with E-state index in [0.717, 1.165) is 35.9 Å². The predicted molar refractivity (Wildman–Crippen MR) is 82.9 cm³/mol. The van der Waals surface area contributed by atoms with Crippen molar-refractivity contribution in [2.45, 2.75) is 40.0 Å². The zero-order valence-electron chi connectivity index (χ0n) is 12.6. The summed E-state index contributed by atoms with van der Waals surface area (Å²) in [4.78, 5) is 13.5. The van der Waals surface area contributed by atoms with E-state index in [1.807, 2.05) is 18.3 Å². The third-order valence-electron chi connectivity index (χ3n) is 3.13. The van der Waals surface area contributed by atoms with Crippen molar-refractivity contribution in [2.24, 2.45) is 0 Å². The van der Waals surface area contributed by atoms with Crippen LogP contribution in [0.1, 0.15) is 44.5 Å². The quantitative estimate of drug-likeness (QED) is 0.898. The third kappa shape index (κ3) is 3.32. The van der Waals surface area contributed by atoms with Gasteiger partial charge in [0.15, 0.2) is 0 Å². The van der Waals surface area contributed by atoms with E-state index in [-0.39, 0.29) is 0 Å².